The number of hydrogen-bond acceptors (Lipinski definition) is 7. The number of aliphatic hydroxyl groups excluding tert-OH is 2. The number of carboxylic acid groups (broad SMARTS) is 1. The fraction of sp³-hybridized carbons (Fsp3) is 0.769. The predicted molar refractivity (Wildman–Crippen MR) is 81.1 cm³/mol. The molecular weight excluding hydrogens is 308 g/mol. The second-order valence-electron chi connectivity index (χ2n) is 5.19. The third kappa shape index (κ3) is 7.88. The average Bonchev–Trinajstić information content (AvgIpc) is 2.49. The van der Waals surface area contributed by atoms with Crippen molar-refractivity contribution in [1.29, 1.82) is 0 Å². The molecule has 0 fully saturated rings. The Labute approximate surface area is 134 Å². The van der Waals surface area contributed by atoms with Crippen LogP contribution in [0.15, 0.2) is 0 Å². The minimum atomic E-state index is -1.47. The molecule has 0 saturated carbocycles. The van der Waals surface area contributed by atoms with Crippen molar-refractivity contribution in [3.05, 3.63) is 0 Å². The van der Waals surface area contributed by atoms with E-state index in [1.54, 1.807) is 0 Å². The Morgan fingerprint density at radius 2 is 1.65 bits per heavy atom. The summed E-state index contributed by atoms with van der Waals surface area (Å²) in [4.78, 5) is 34.8. The van der Waals surface area contributed by atoms with E-state index in [1.165, 1.54) is 6.92 Å². The van der Waals surface area contributed by atoms with Gasteiger partial charge < -0.3 is 37.4 Å². The van der Waals surface area contributed by atoms with Crippen molar-refractivity contribution in [2.45, 2.75) is 50.4 Å². The number of amides is 2. The molecule has 4 unspecified atom stereocenters. The van der Waals surface area contributed by atoms with Crippen molar-refractivity contribution in [2.24, 2.45) is 11.5 Å². The van der Waals surface area contributed by atoms with Gasteiger partial charge in [-0.25, -0.2) is 4.79 Å². The first-order chi connectivity index (χ1) is 10.7. The van der Waals surface area contributed by atoms with Crippen LogP contribution in [0.3, 0.4) is 0 Å². The van der Waals surface area contributed by atoms with E-state index in [0.29, 0.717) is 19.4 Å². The number of unbranched alkanes of at least 4 members (excludes halogenated alkanes) is 1. The van der Waals surface area contributed by atoms with Crippen LogP contribution in [0.25, 0.3) is 0 Å². The van der Waals surface area contributed by atoms with Crippen LogP contribution < -0.4 is 22.1 Å². The molecular formula is C13H26N4O6. The maximum absolute atomic E-state index is 12.1. The Morgan fingerprint density at radius 1 is 1.09 bits per heavy atom. The molecule has 0 aliphatic rings. The quantitative estimate of drug-likeness (QED) is 0.193. The van der Waals surface area contributed by atoms with Crippen molar-refractivity contribution in [3.63, 3.8) is 0 Å². The largest absolute Gasteiger partial charge is 0.480 e. The van der Waals surface area contributed by atoms with Gasteiger partial charge in [-0.05, 0) is 32.7 Å². The summed E-state index contributed by atoms with van der Waals surface area (Å²) in [6, 6.07) is -3.72. The van der Waals surface area contributed by atoms with E-state index < -0.39 is 48.6 Å². The van der Waals surface area contributed by atoms with Crippen molar-refractivity contribution < 1.29 is 29.7 Å². The Balaban J connectivity index is 4.87. The summed E-state index contributed by atoms with van der Waals surface area (Å²) in [5.74, 6) is -2.88. The lowest BCUT2D eigenvalue weighted by Crippen LogP contribution is -2.56. The minimum absolute atomic E-state index is 0.221. The Hall–Kier alpha value is -1.75. The highest BCUT2D eigenvalue weighted by atomic mass is 16.4. The van der Waals surface area contributed by atoms with Crippen LogP contribution in [-0.2, 0) is 14.4 Å². The van der Waals surface area contributed by atoms with Gasteiger partial charge in [-0.15, -0.1) is 0 Å². The molecule has 0 aliphatic carbocycles. The van der Waals surface area contributed by atoms with Gasteiger partial charge in [0.15, 0.2) is 0 Å². The van der Waals surface area contributed by atoms with Crippen LogP contribution in [0.2, 0.25) is 0 Å². The smallest absolute Gasteiger partial charge is 0.328 e. The summed E-state index contributed by atoms with van der Waals surface area (Å²) < 4.78 is 0. The summed E-state index contributed by atoms with van der Waals surface area (Å²) in [5.41, 5.74) is 10.9. The first-order valence-corrected chi connectivity index (χ1v) is 7.32. The number of carbonyl (C=O) groups excluding carboxylic acids is 2. The molecule has 0 aliphatic heterocycles. The molecule has 0 spiro atoms. The molecule has 4 atom stereocenters. The fourth-order valence-electron chi connectivity index (χ4n) is 1.71. The number of carboxylic acids is 1. The minimum Gasteiger partial charge on any atom is -0.480 e. The number of aliphatic carboxylic acids is 1. The lowest BCUT2D eigenvalue weighted by Gasteiger charge is -2.23. The Morgan fingerprint density at radius 3 is 2.09 bits per heavy atom. The monoisotopic (exact) mass is 334 g/mol. The van der Waals surface area contributed by atoms with E-state index in [2.05, 4.69) is 10.6 Å². The molecule has 0 aromatic rings. The standard InChI is InChI=1S/C13H26N4O6/c1-7(19)10(15)12(21)16-8(4-2-3-5-14)11(20)17-9(6-18)13(22)23/h7-10,18-19H,2-6,14-15H2,1H3,(H,16,21)(H,17,20)(H,22,23). The first kappa shape index (κ1) is 21.2. The number of hydrogen-bond donors (Lipinski definition) is 7. The second-order valence-corrected chi connectivity index (χ2v) is 5.19. The maximum atomic E-state index is 12.1. The zero-order chi connectivity index (χ0) is 18.0. The SMILES string of the molecule is CC(O)C(N)C(=O)NC(CCCCN)C(=O)NC(CO)C(=O)O. The summed E-state index contributed by atoms with van der Waals surface area (Å²) in [6.07, 6.45) is 0.256. The third-order valence-corrected chi connectivity index (χ3v) is 3.20. The van der Waals surface area contributed by atoms with Crippen molar-refractivity contribution in [1.82, 2.24) is 10.6 Å². The van der Waals surface area contributed by atoms with Crippen molar-refractivity contribution in [3.8, 4) is 0 Å². The molecule has 134 valence electrons. The van der Waals surface area contributed by atoms with Gasteiger partial charge in [0.25, 0.3) is 0 Å². The van der Waals surface area contributed by atoms with E-state index in [-0.39, 0.29) is 6.42 Å². The third-order valence-electron chi connectivity index (χ3n) is 3.20. The predicted octanol–water partition coefficient (Wildman–Crippen LogP) is -3.13. The van der Waals surface area contributed by atoms with Gasteiger partial charge in [0, 0.05) is 0 Å². The summed E-state index contributed by atoms with van der Waals surface area (Å²) in [7, 11) is 0. The van der Waals surface area contributed by atoms with Crippen LogP contribution in [-0.4, -0.2) is 70.5 Å². The molecule has 10 heteroatoms. The summed E-state index contributed by atoms with van der Waals surface area (Å²) in [6.45, 7) is 0.960. The lowest BCUT2D eigenvalue weighted by molar-refractivity contribution is -0.143. The molecule has 0 bridgehead atoms. The molecule has 0 aromatic carbocycles. The first-order valence-electron chi connectivity index (χ1n) is 7.32. The molecule has 0 saturated heterocycles. The number of nitrogens with two attached hydrogens (primary N) is 2. The van der Waals surface area contributed by atoms with Gasteiger partial charge in [-0.1, -0.05) is 0 Å². The average molecular weight is 334 g/mol. The maximum Gasteiger partial charge on any atom is 0.328 e. The van der Waals surface area contributed by atoms with E-state index >= 15 is 0 Å². The lowest BCUT2D eigenvalue weighted by atomic mass is 10.1. The van der Waals surface area contributed by atoms with Gasteiger partial charge in [0.2, 0.25) is 11.8 Å². The van der Waals surface area contributed by atoms with E-state index in [1.807, 2.05) is 0 Å². The Kier molecular flexibility index (Phi) is 10.1. The Bertz CT molecular complexity index is 404. The molecule has 0 heterocycles. The molecule has 9 N–H and O–H groups in total. The van der Waals surface area contributed by atoms with Crippen molar-refractivity contribution >= 4 is 17.8 Å². The van der Waals surface area contributed by atoms with Crippen LogP contribution in [0.5, 0.6) is 0 Å². The highest BCUT2D eigenvalue weighted by molar-refractivity contribution is 5.91. The zero-order valence-electron chi connectivity index (χ0n) is 13.1. The van der Waals surface area contributed by atoms with Crippen molar-refractivity contribution in [2.75, 3.05) is 13.2 Å². The molecule has 0 rings (SSSR count). The van der Waals surface area contributed by atoms with Crippen LogP contribution in [0.4, 0.5) is 0 Å². The van der Waals surface area contributed by atoms with E-state index in [0.717, 1.165) is 0 Å². The highest BCUT2D eigenvalue weighted by Crippen LogP contribution is 2.03. The van der Waals surface area contributed by atoms with Gasteiger partial charge in [0.1, 0.15) is 18.1 Å². The molecule has 0 aromatic heterocycles. The van der Waals surface area contributed by atoms with Gasteiger partial charge in [-0.3, -0.25) is 9.59 Å². The van der Waals surface area contributed by atoms with Crippen LogP contribution >= 0.6 is 0 Å². The van der Waals surface area contributed by atoms with Gasteiger partial charge >= 0.3 is 5.97 Å². The fourth-order valence-corrected chi connectivity index (χ4v) is 1.71. The number of aliphatic hydroxyl groups is 2. The van der Waals surface area contributed by atoms with Crippen LogP contribution in [0, 0.1) is 0 Å². The van der Waals surface area contributed by atoms with Gasteiger partial charge in [0.05, 0.1) is 12.7 Å². The van der Waals surface area contributed by atoms with Crippen LogP contribution in [0.1, 0.15) is 26.2 Å². The zero-order valence-corrected chi connectivity index (χ0v) is 13.1. The molecule has 10 nitrogen and oxygen atoms in total. The van der Waals surface area contributed by atoms with E-state index in [4.69, 9.17) is 21.7 Å². The number of nitrogens with one attached hydrogen (secondary N) is 2. The summed E-state index contributed by atoms with van der Waals surface area (Å²) in [5, 5.41) is 31.6. The number of rotatable bonds is 11. The van der Waals surface area contributed by atoms with E-state index in [9.17, 15) is 19.5 Å². The topological polar surface area (TPSA) is 188 Å². The number of carbonyl (C=O) groups is 3. The molecule has 0 radical (unpaired) electrons. The second kappa shape index (κ2) is 10.9. The molecule has 23 heavy (non-hydrogen) atoms. The van der Waals surface area contributed by atoms with Gasteiger partial charge in [-0.2, -0.15) is 0 Å². The highest BCUT2D eigenvalue weighted by Gasteiger charge is 2.28. The molecule has 2 amide bonds. The summed E-state index contributed by atoms with van der Waals surface area (Å²) >= 11 is 0. The normalized spacial score (nSPS) is 16.0.